The Balaban J connectivity index is 1.36. The van der Waals surface area contributed by atoms with Gasteiger partial charge in [-0.3, -0.25) is 14.6 Å². The molecule has 0 bridgehead atoms. The minimum absolute atomic E-state index is 0.0602. The number of benzene rings is 2. The molecule has 0 radical (unpaired) electrons. The summed E-state index contributed by atoms with van der Waals surface area (Å²) in [5.74, 6) is -1.27. The van der Waals surface area contributed by atoms with E-state index in [0.717, 1.165) is 28.9 Å². The molecule has 170 valence electrons. The summed E-state index contributed by atoms with van der Waals surface area (Å²) in [6.07, 6.45) is 2.37. The lowest BCUT2D eigenvalue weighted by molar-refractivity contribution is 0.0938. The van der Waals surface area contributed by atoms with Crippen LogP contribution in [0.3, 0.4) is 0 Å². The van der Waals surface area contributed by atoms with Gasteiger partial charge in [0.2, 0.25) is 0 Å². The largest absolute Gasteiger partial charge is 0.358 e. The summed E-state index contributed by atoms with van der Waals surface area (Å²) >= 11 is 6.11. The lowest BCUT2D eigenvalue weighted by Crippen LogP contribution is -2.31. The van der Waals surface area contributed by atoms with E-state index in [4.69, 9.17) is 11.6 Å². The van der Waals surface area contributed by atoms with Crippen LogP contribution >= 0.6 is 11.6 Å². The van der Waals surface area contributed by atoms with Crippen LogP contribution in [0.15, 0.2) is 66.9 Å². The van der Waals surface area contributed by atoms with E-state index in [1.807, 2.05) is 24.3 Å². The van der Waals surface area contributed by atoms with Gasteiger partial charge in [0, 0.05) is 53.2 Å². The van der Waals surface area contributed by atoms with Gasteiger partial charge in [-0.25, -0.2) is 4.39 Å². The van der Waals surface area contributed by atoms with Gasteiger partial charge in [0.05, 0.1) is 16.8 Å². The highest BCUT2D eigenvalue weighted by Crippen LogP contribution is 2.28. The number of nitrogens with one attached hydrogen (secondary N) is 3. The van der Waals surface area contributed by atoms with Gasteiger partial charge < -0.3 is 15.6 Å². The molecule has 6 nitrogen and oxygen atoms in total. The standard InChI is InChI=1S/C26H20ClFN4O2/c27-20-4-2-1-3-17(20)14-31-25(33)18-6-5-15(11-21(18)28)23-12-16(7-9-29-23)24-13-19-22(32-24)8-10-30-26(19)34/h1-7,9,11-13,32H,8,10,14H2,(H,30,34)(H,31,33). The average molecular weight is 475 g/mol. The molecule has 2 amide bonds. The first-order valence-electron chi connectivity index (χ1n) is 10.8. The Morgan fingerprint density at radius 2 is 1.94 bits per heavy atom. The fourth-order valence-electron chi connectivity index (χ4n) is 3.98. The Morgan fingerprint density at radius 1 is 1.09 bits per heavy atom. The molecule has 0 saturated heterocycles. The maximum Gasteiger partial charge on any atom is 0.254 e. The number of aromatic nitrogens is 2. The molecule has 5 rings (SSSR count). The molecule has 0 fully saturated rings. The Morgan fingerprint density at radius 3 is 2.74 bits per heavy atom. The van der Waals surface area contributed by atoms with Crippen molar-refractivity contribution in [2.75, 3.05) is 6.54 Å². The molecule has 3 N–H and O–H groups in total. The van der Waals surface area contributed by atoms with Crippen molar-refractivity contribution in [3.05, 3.63) is 100 Å². The van der Waals surface area contributed by atoms with Crippen LogP contribution in [0.2, 0.25) is 5.02 Å². The molecule has 0 aliphatic carbocycles. The average Bonchev–Trinajstić information content (AvgIpc) is 3.29. The van der Waals surface area contributed by atoms with E-state index in [0.29, 0.717) is 28.4 Å². The number of fused-ring (bicyclic) bond motifs is 1. The smallest absolute Gasteiger partial charge is 0.254 e. The second-order valence-electron chi connectivity index (χ2n) is 7.98. The van der Waals surface area contributed by atoms with Crippen molar-refractivity contribution in [3.8, 4) is 22.5 Å². The maximum absolute atomic E-state index is 14.8. The summed E-state index contributed by atoms with van der Waals surface area (Å²) < 4.78 is 14.8. The summed E-state index contributed by atoms with van der Waals surface area (Å²) in [4.78, 5) is 32.2. The normalized spacial score (nSPS) is 12.7. The van der Waals surface area contributed by atoms with Crippen LogP contribution in [0, 0.1) is 5.82 Å². The number of nitrogens with zero attached hydrogens (tertiary/aromatic N) is 1. The van der Waals surface area contributed by atoms with Crippen molar-refractivity contribution < 1.29 is 14.0 Å². The Bertz CT molecular complexity index is 1420. The first-order chi connectivity index (χ1) is 16.5. The number of halogens is 2. The van der Waals surface area contributed by atoms with E-state index in [-0.39, 0.29) is 18.0 Å². The van der Waals surface area contributed by atoms with Crippen LogP contribution in [0.1, 0.15) is 32.0 Å². The SMILES string of the molecule is O=C(NCc1ccccc1Cl)c1ccc(-c2cc(-c3cc4c([nH]3)CCNC4=O)ccn2)cc1F. The van der Waals surface area contributed by atoms with E-state index in [2.05, 4.69) is 20.6 Å². The summed E-state index contributed by atoms with van der Waals surface area (Å²) in [6, 6.07) is 17.0. The van der Waals surface area contributed by atoms with Gasteiger partial charge in [-0.1, -0.05) is 35.9 Å². The first kappa shape index (κ1) is 21.9. The molecule has 0 atom stereocenters. The highest BCUT2D eigenvalue weighted by atomic mass is 35.5. The molecule has 0 unspecified atom stereocenters. The van der Waals surface area contributed by atoms with Gasteiger partial charge in [-0.05, 0) is 42.0 Å². The zero-order valence-corrected chi connectivity index (χ0v) is 18.7. The van der Waals surface area contributed by atoms with Crippen molar-refractivity contribution in [3.63, 3.8) is 0 Å². The van der Waals surface area contributed by atoms with Crippen LogP contribution in [-0.4, -0.2) is 28.3 Å². The van der Waals surface area contributed by atoms with Gasteiger partial charge in [0.1, 0.15) is 5.82 Å². The summed E-state index contributed by atoms with van der Waals surface area (Å²) in [5, 5.41) is 6.06. The Labute approximate surface area is 200 Å². The number of carbonyl (C=O) groups excluding carboxylic acids is 2. The Kier molecular flexibility index (Phi) is 5.86. The minimum Gasteiger partial charge on any atom is -0.358 e. The van der Waals surface area contributed by atoms with E-state index < -0.39 is 11.7 Å². The lowest BCUT2D eigenvalue weighted by atomic mass is 10.0. The van der Waals surface area contributed by atoms with Crippen molar-refractivity contribution in [1.82, 2.24) is 20.6 Å². The van der Waals surface area contributed by atoms with Crippen LogP contribution in [0.25, 0.3) is 22.5 Å². The van der Waals surface area contributed by atoms with E-state index >= 15 is 0 Å². The fraction of sp³-hybridized carbons (Fsp3) is 0.115. The van der Waals surface area contributed by atoms with Gasteiger partial charge in [0.15, 0.2) is 0 Å². The van der Waals surface area contributed by atoms with Crippen molar-refractivity contribution in [1.29, 1.82) is 0 Å². The van der Waals surface area contributed by atoms with Crippen LogP contribution in [-0.2, 0) is 13.0 Å². The molecule has 0 spiro atoms. The van der Waals surface area contributed by atoms with Crippen molar-refractivity contribution in [2.45, 2.75) is 13.0 Å². The van der Waals surface area contributed by atoms with Crippen molar-refractivity contribution in [2.24, 2.45) is 0 Å². The number of amides is 2. The number of hydrogen-bond donors (Lipinski definition) is 3. The second-order valence-corrected chi connectivity index (χ2v) is 8.39. The molecule has 3 heterocycles. The first-order valence-corrected chi connectivity index (χ1v) is 11.2. The number of aromatic amines is 1. The van der Waals surface area contributed by atoms with Gasteiger partial charge in [0.25, 0.3) is 11.8 Å². The molecule has 34 heavy (non-hydrogen) atoms. The molecule has 0 saturated carbocycles. The van der Waals surface area contributed by atoms with Gasteiger partial charge in [-0.15, -0.1) is 0 Å². The lowest BCUT2D eigenvalue weighted by Gasteiger charge is -2.11. The minimum atomic E-state index is -0.645. The van der Waals surface area contributed by atoms with Crippen molar-refractivity contribution >= 4 is 23.4 Å². The summed E-state index contributed by atoms with van der Waals surface area (Å²) in [6.45, 7) is 0.798. The quantitative estimate of drug-likeness (QED) is 0.390. The van der Waals surface area contributed by atoms with Crippen LogP contribution < -0.4 is 10.6 Å². The summed E-state index contributed by atoms with van der Waals surface area (Å²) in [5.41, 5.74) is 4.94. The predicted molar refractivity (Wildman–Crippen MR) is 128 cm³/mol. The van der Waals surface area contributed by atoms with E-state index in [1.165, 1.54) is 12.1 Å². The van der Waals surface area contributed by atoms with E-state index in [9.17, 15) is 14.0 Å². The zero-order chi connectivity index (χ0) is 23.7. The number of pyridine rings is 1. The highest BCUT2D eigenvalue weighted by molar-refractivity contribution is 6.31. The second kappa shape index (κ2) is 9.11. The third-order valence-electron chi connectivity index (χ3n) is 5.78. The van der Waals surface area contributed by atoms with Crippen LogP contribution in [0.5, 0.6) is 0 Å². The molecule has 8 heteroatoms. The monoisotopic (exact) mass is 474 g/mol. The van der Waals surface area contributed by atoms with E-state index in [1.54, 1.807) is 30.5 Å². The molecule has 1 aliphatic rings. The number of H-pyrrole nitrogens is 1. The van der Waals surface area contributed by atoms with Crippen LogP contribution in [0.4, 0.5) is 4.39 Å². The molecular weight excluding hydrogens is 455 g/mol. The number of rotatable bonds is 5. The molecule has 1 aliphatic heterocycles. The molecule has 2 aromatic heterocycles. The van der Waals surface area contributed by atoms with Gasteiger partial charge in [-0.2, -0.15) is 0 Å². The third kappa shape index (κ3) is 4.30. The fourth-order valence-corrected chi connectivity index (χ4v) is 4.18. The number of hydrogen-bond acceptors (Lipinski definition) is 3. The third-order valence-corrected chi connectivity index (χ3v) is 6.15. The topological polar surface area (TPSA) is 86.9 Å². The molecular formula is C26H20ClFN4O2. The summed E-state index contributed by atoms with van der Waals surface area (Å²) in [7, 11) is 0. The maximum atomic E-state index is 14.8. The number of carbonyl (C=O) groups is 2. The molecule has 2 aromatic carbocycles. The molecule has 4 aromatic rings. The predicted octanol–water partition coefficient (Wildman–Crippen LogP) is 4.75. The zero-order valence-electron chi connectivity index (χ0n) is 18.0. The van der Waals surface area contributed by atoms with Gasteiger partial charge >= 0.3 is 0 Å². The highest BCUT2D eigenvalue weighted by Gasteiger charge is 2.20. The Hall–Kier alpha value is -3.97.